The molecule has 42 heavy (non-hydrogen) atoms. The number of esters is 1. The Morgan fingerprint density at radius 2 is 1.43 bits per heavy atom. The number of nitrogens with zero attached hydrogens (tertiary/aromatic N) is 2. The van der Waals surface area contributed by atoms with Crippen LogP contribution in [0, 0.1) is 58.3 Å². The Labute approximate surface area is 250 Å². The number of carbonyl (C=O) groups excluding carboxylic acids is 1. The van der Waals surface area contributed by atoms with Crippen LogP contribution in [0.2, 0.25) is 0 Å². The first-order valence-corrected chi connectivity index (χ1v) is 15.2. The zero-order valence-electron chi connectivity index (χ0n) is 28.3. The molecule has 2 aromatic heterocycles. The Balaban J connectivity index is 2.00. The van der Waals surface area contributed by atoms with Crippen molar-refractivity contribution in [2.75, 3.05) is 7.11 Å². The number of pyridine rings is 2. The summed E-state index contributed by atoms with van der Waals surface area (Å²) in [7, 11) is 1.57. The Morgan fingerprint density at radius 3 is 1.98 bits per heavy atom. The molecule has 2 aliphatic heterocycles. The largest absolute Gasteiger partial charge is 0.458 e. The van der Waals surface area contributed by atoms with E-state index in [9.17, 15) is 9.59 Å². The van der Waals surface area contributed by atoms with Crippen molar-refractivity contribution < 1.29 is 14.3 Å². The normalized spacial score (nSPS) is 19.7. The number of hydrogen-bond acceptors (Lipinski definition) is 5. The van der Waals surface area contributed by atoms with Crippen LogP contribution in [0.4, 0.5) is 0 Å². The Bertz CT molecular complexity index is 1770. The van der Waals surface area contributed by atoms with Crippen LogP contribution in [0.15, 0.2) is 4.79 Å². The molecule has 0 aliphatic carbocycles. The molecule has 0 N–H and O–H groups in total. The highest BCUT2D eigenvalue weighted by Gasteiger charge is 2.64. The first kappa shape index (κ1) is 30.5. The first-order valence-electron chi connectivity index (χ1n) is 15.2. The van der Waals surface area contributed by atoms with E-state index in [2.05, 4.69) is 90.0 Å². The molecule has 6 heteroatoms. The number of hydrogen-bond donors (Lipinski definition) is 0. The summed E-state index contributed by atoms with van der Waals surface area (Å²) in [6.45, 7) is 29.8. The van der Waals surface area contributed by atoms with Crippen molar-refractivity contribution >= 4 is 16.9 Å². The molecule has 6 nitrogen and oxygen atoms in total. The van der Waals surface area contributed by atoms with E-state index in [1.165, 1.54) is 16.7 Å². The third-order valence-electron chi connectivity index (χ3n) is 12.2. The minimum Gasteiger partial charge on any atom is -0.458 e. The molecule has 3 aromatic rings. The predicted octanol–water partition coefficient (Wildman–Crippen LogP) is 7.62. The Kier molecular flexibility index (Phi) is 6.54. The van der Waals surface area contributed by atoms with Gasteiger partial charge >= 0.3 is 5.97 Å². The van der Waals surface area contributed by atoms with Gasteiger partial charge in [0, 0.05) is 29.0 Å². The third-order valence-corrected chi connectivity index (χ3v) is 12.2. The fourth-order valence-corrected chi connectivity index (χ4v) is 8.20. The van der Waals surface area contributed by atoms with E-state index < -0.39 is 22.5 Å². The standard InChI is InChI=1S/C36H48N2O4/c1-17(2)33(9,10)35(13,14)36(41-15)26-23(8)30-29-27(34(11,12)38(30)31(39)24(26)16-42-32(36)40)22(7)25-20(5)18(3)19(4)21(6)28(25)37-29/h17H,16H2,1-15H3/t36-/m0/s1. The van der Waals surface area contributed by atoms with Crippen LogP contribution in [0.25, 0.3) is 22.3 Å². The molecular weight excluding hydrogens is 524 g/mol. The van der Waals surface area contributed by atoms with Crippen LogP contribution in [0.1, 0.15) is 105 Å². The molecule has 0 bridgehead atoms. The maximum absolute atomic E-state index is 14.7. The quantitative estimate of drug-likeness (QED) is 0.301. The lowest BCUT2D eigenvalue weighted by atomic mass is 9.52. The highest BCUT2D eigenvalue weighted by atomic mass is 16.6. The second-order valence-corrected chi connectivity index (χ2v) is 14.7. The minimum atomic E-state index is -1.48. The van der Waals surface area contributed by atoms with Gasteiger partial charge in [0.25, 0.3) is 5.56 Å². The number of benzene rings is 1. The van der Waals surface area contributed by atoms with Gasteiger partial charge in [0.05, 0.1) is 28.0 Å². The molecule has 1 atom stereocenters. The summed E-state index contributed by atoms with van der Waals surface area (Å²) < 4.78 is 14.1. The smallest absolute Gasteiger partial charge is 0.344 e. The molecule has 2 aliphatic rings. The van der Waals surface area contributed by atoms with E-state index in [1.54, 1.807) is 7.11 Å². The monoisotopic (exact) mass is 572 g/mol. The predicted molar refractivity (Wildman–Crippen MR) is 169 cm³/mol. The lowest BCUT2D eigenvalue weighted by Gasteiger charge is -2.56. The zero-order chi connectivity index (χ0) is 31.6. The second-order valence-electron chi connectivity index (χ2n) is 14.7. The lowest BCUT2D eigenvalue weighted by Crippen LogP contribution is -2.61. The molecular formula is C36H48N2O4. The van der Waals surface area contributed by atoms with Crippen LogP contribution >= 0.6 is 0 Å². The minimum absolute atomic E-state index is 0.0746. The van der Waals surface area contributed by atoms with Gasteiger partial charge in [-0.1, -0.05) is 41.5 Å². The molecule has 0 spiro atoms. The molecule has 0 unspecified atom stereocenters. The number of cyclic esters (lactones) is 1. The topological polar surface area (TPSA) is 70.4 Å². The number of aryl methyl sites for hydroxylation is 3. The van der Waals surface area contributed by atoms with Crippen molar-refractivity contribution in [1.82, 2.24) is 9.55 Å². The average molecular weight is 573 g/mol. The summed E-state index contributed by atoms with van der Waals surface area (Å²) in [4.78, 5) is 34.2. The molecule has 0 radical (unpaired) electrons. The van der Waals surface area contributed by atoms with Gasteiger partial charge in [0.15, 0.2) is 5.60 Å². The van der Waals surface area contributed by atoms with Crippen LogP contribution in [0.5, 0.6) is 0 Å². The third kappa shape index (κ3) is 3.28. The lowest BCUT2D eigenvalue weighted by molar-refractivity contribution is -0.214. The van der Waals surface area contributed by atoms with Gasteiger partial charge in [0.2, 0.25) is 0 Å². The van der Waals surface area contributed by atoms with Crippen molar-refractivity contribution in [3.8, 4) is 11.4 Å². The molecule has 0 saturated heterocycles. The second kappa shape index (κ2) is 9.01. The van der Waals surface area contributed by atoms with Gasteiger partial charge in [0.1, 0.15) is 6.61 Å². The van der Waals surface area contributed by atoms with E-state index in [-0.39, 0.29) is 23.5 Å². The fourth-order valence-electron chi connectivity index (χ4n) is 8.20. The molecule has 4 heterocycles. The number of fused-ring (bicyclic) bond motifs is 5. The molecule has 0 saturated carbocycles. The molecule has 0 amide bonds. The van der Waals surface area contributed by atoms with E-state index in [4.69, 9.17) is 14.5 Å². The van der Waals surface area contributed by atoms with E-state index in [1.807, 2.05) is 11.5 Å². The Hall–Kier alpha value is -2.99. The van der Waals surface area contributed by atoms with Gasteiger partial charge in [-0.15, -0.1) is 0 Å². The van der Waals surface area contributed by atoms with Crippen LogP contribution in [-0.4, -0.2) is 22.6 Å². The molecule has 5 rings (SSSR count). The highest BCUT2D eigenvalue weighted by molar-refractivity contribution is 5.95. The highest BCUT2D eigenvalue weighted by Crippen LogP contribution is 2.60. The van der Waals surface area contributed by atoms with Crippen molar-refractivity contribution in [2.24, 2.45) is 16.7 Å². The van der Waals surface area contributed by atoms with Crippen molar-refractivity contribution in [2.45, 2.75) is 115 Å². The van der Waals surface area contributed by atoms with Crippen LogP contribution in [-0.2, 0) is 32.0 Å². The first-order chi connectivity index (χ1) is 19.2. The number of carbonyl (C=O) groups is 1. The fraction of sp³-hybridized carbons (Fsp3) is 0.583. The summed E-state index contributed by atoms with van der Waals surface area (Å²) >= 11 is 0. The van der Waals surface area contributed by atoms with Gasteiger partial charge in [-0.05, 0) is 100 Å². The zero-order valence-corrected chi connectivity index (χ0v) is 28.3. The van der Waals surface area contributed by atoms with Gasteiger partial charge in [-0.2, -0.15) is 0 Å². The van der Waals surface area contributed by atoms with Crippen LogP contribution < -0.4 is 5.56 Å². The maximum atomic E-state index is 14.7. The number of ether oxygens (including phenoxy) is 2. The number of methoxy groups -OCH3 is 1. The molecule has 226 valence electrons. The summed E-state index contributed by atoms with van der Waals surface area (Å²) in [5.74, 6) is -0.219. The Morgan fingerprint density at radius 1 is 0.857 bits per heavy atom. The number of rotatable bonds is 4. The number of aromatic nitrogens is 2. The SMILES string of the molecule is CO[C@]1(C(C)(C)C(C)(C)C(C)C)C(=O)OCc2c1c(C)c1n(c2=O)C(C)(C)c2c-1nc1c(C)c(C)c(C)c(C)c1c2C. The van der Waals surface area contributed by atoms with Crippen LogP contribution in [0.3, 0.4) is 0 Å². The van der Waals surface area contributed by atoms with Crippen molar-refractivity contribution in [1.29, 1.82) is 0 Å². The van der Waals surface area contributed by atoms with E-state index >= 15 is 0 Å². The van der Waals surface area contributed by atoms with Crippen molar-refractivity contribution in [3.05, 3.63) is 60.4 Å². The summed E-state index contributed by atoms with van der Waals surface area (Å²) in [6.07, 6.45) is 0. The summed E-state index contributed by atoms with van der Waals surface area (Å²) in [6, 6.07) is 0. The molecule has 1 aromatic carbocycles. The maximum Gasteiger partial charge on any atom is 0.344 e. The molecule has 0 fully saturated rings. The summed E-state index contributed by atoms with van der Waals surface area (Å²) in [5, 5.41) is 1.16. The van der Waals surface area contributed by atoms with E-state index in [0.29, 0.717) is 11.1 Å². The van der Waals surface area contributed by atoms with E-state index in [0.717, 1.165) is 44.5 Å². The average Bonchev–Trinajstić information content (AvgIpc) is 3.15. The van der Waals surface area contributed by atoms with Gasteiger partial charge in [-0.25, -0.2) is 9.78 Å². The van der Waals surface area contributed by atoms with Gasteiger partial charge in [-0.3, -0.25) is 9.36 Å². The van der Waals surface area contributed by atoms with Crippen molar-refractivity contribution in [3.63, 3.8) is 0 Å². The summed E-state index contributed by atoms with van der Waals surface area (Å²) in [5.41, 5.74) is 8.27. The van der Waals surface area contributed by atoms with Gasteiger partial charge < -0.3 is 9.47 Å².